The van der Waals surface area contributed by atoms with Crippen LogP contribution in [0.1, 0.15) is 70.9 Å². The van der Waals surface area contributed by atoms with Crippen molar-refractivity contribution in [1.29, 1.82) is 0 Å². The van der Waals surface area contributed by atoms with E-state index in [-0.39, 0.29) is 5.41 Å². The quantitative estimate of drug-likeness (QED) is 0.838. The number of rotatable bonds is 4. The Morgan fingerprint density at radius 2 is 1.76 bits per heavy atom. The Labute approximate surface area is 130 Å². The molecule has 21 heavy (non-hydrogen) atoms. The first-order valence-corrected chi connectivity index (χ1v) is 8.76. The Morgan fingerprint density at radius 1 is 1.10 bits per heavy atom. The van der Waals surface area contributed by atoms with Gasteiger partial charge < -0.3 is 5.32 Å². The monoisotopic (exact) mass is 285 g/mol. The molecule has 0 amide bonds. The molecular weight excluding hydrogens is 254 g/mol. The lowest BCUT2D eigenvalue weighted by atomic mass is 9.72. The van der Waals surface area contributed by atoms with Crippen molar-refractivity contribution in [2.75, 3.05) is 6.54 Å². The van der Waals surface area contributed by atoms with Gasteiger partial charge in [-0.25, -0.2) is 0 Å². The van der Waals surface area contributed by atoms with Crippen LogP contribution in [0.4, 0.5) is 0 Å². The van der Waals surface area contributed by atoms with E-state index in [1.165, 1.54) is 44.2 Å². The normalized spacial score (nSPS) is 29.8. The molecule has 1 aromatic carbocycles. The second-order valence-electron chi connectivity index (χ2n) is 8.43. The topological polar surface area (TPSA) is 12.0 Å². The summed E-state index contributed by atoms with van der Waals surface area (Å²) in [5, 5.41) is 3.81. The molecule has 1 nitrogen and oxygen atoms in total. The molecule has 116 valence electrons. The summed E-state index contributed by atoms with van der Waals surface area (Å²) in [6.07, 6.45) is 6.88. The molecule has 0 aromatic heterocycles. The minimum absolute atomic E-state index is 0.249. The molecule has 0 saturated heterocycles. The highest BCUT2D eigenvalue weighted by Gasteiger charge is 2.42. The predicted molar refractivity (Wildman–Crippen MR) is 90.9 cm³/mol. The first-order chi connectivity index (χ1) is 9.92. The molecule has 0 spiro atoms. The van der Waals surface area contributed by atoms with E-state index in [1.807, 2.05) is 0 Å². The van der Waals surface area contributed by atoms with Crippen molar-refractivity contribution < 1.29 is 0 Å². The van der Waals surface area contributed by atoms with Crippen LogP contribution in [0, 0.1) is 5.92 Å². The fourth-order valence-corrected chi connectivity index (χ4v) is 3.96. The van der Waals surface area contributed by atoms with E-state index in [1.54, 1.807) is 5.56 Å². The third-order valence-electron chi connectivity index (χ3n) is 5.81. The van der Waals surface area contributed by atoms with Gasteiger partial charge in [0.2, 0.25) is 0 Å². The minimum atomic E-state index is 0.249. The molecule has 2 aliphatic rings. The molecule has 2 atom stereocenters. The van der Waals surface area contributed by atoms with Crippen LogP contribution < -0.4 is 5.32 Å². The molecule has 2 aliphatic carbocycles. The maximum atomic E-state index is 3.81. The Balaban J connectivity index is 1.85. The Kier molecular flexibility index (Phi) is 3.90. The van der Waals surface area contributed by atoms with Crippen LogP contribution in [0.3, 0.4) is 0 Å². The van der Waals surface area contributed by atoms with Gasteiger partial charge in [0.15, 0.2) is 0 Å². The van der Waals surface area contributed by atoms with Gasteiger partial charge >= 0.3 is 0 Å². The van der Waals surface area contributed by atoms with Gasteiger partial charge in [-0.05, 0) is 48.1 Å². The van der Waals surface area contributed by atoms with E-state index in [4.69, 9.17) is 0 Å². The molecule has 2 saturated carbocycles. The Hall–Kier alpha value is -0.820. The molecule has 1 N–H and O–H groups in total. The van der Waals surface area contributed by atoms with Gasteiger partial charge in [-0.3, -0.25) is 0 Å². The summed E-state index contributed by atoms with van der Waals surface area (Å²) < 4.78 is 0. The molecule has 0 aliphatic heterocycles. The summed E-state index contributed by atoms with van der Waals surface area (Å²) in [6, 6.07) is 10.4. The van der Waals surface area contributed by atoms with Gasteiger partial charge in [0.1, 0.15) is 0 Å². The fourth-order valence-electron chi connectivity index (χ4n) is 3.96. The average molecular weight is 285 g/mol. The van der Waals surface area contributed by atoms with Gasteiger partial charge in [0, 0.05) is 18.0 Å². The van der Waals surface area contributed by atoms with Crippen LogP contribution in [0.5, 0.6) is 0 Å². The van der Waals surface area contributed by atoms with Crippen LogP contribution in [0.15, 0.2) is 24.3 Å². The molecule has 0 heterocycles. The average Bonchev–Trinajstić information content (AvgIpc) is 3.19. The Morgan fingerprint density at radius 3 is 2.24 bits per heavy atom. The molecule has 3 rings (SSSR count). The second kappa shape index (κ2) is 5.43. The van der Waals surface area contributed by atoms with E-state index in [0.29, 0.717) is 5.41 Å². The number of hydrogen-bond acceptors (Lipinski definition) is 1. The first kappa shape index (κ1) is 15.1. The van der Waals surface area contributed by atoms with Crippen molar-refractivity contribution in [2.24, 2.45) is 5.92 Å². The molecule has 1 aromatic rings. The van der Waals surface area contributed by atoms with E-state index >= 15 is 0 Å². The van der Waals surface area contributed by atoms with Crippen molar-refractivity contribution >= 4 is 0 Å². The van der Waals surface area contributed by atoms with Gasteiger partial charge in [-0.15, -0.1) is 0 Å². The van der Waals surface area contributed by atoms with E-state index in [9.17, 15) is 0 Å². The van der Waals surface area contributed by atoms with Gasteiger partial charge in [0.05, 0.1) is 0 Å². The fraction of sp³-hybridized carbons (Fsp3) is 0.700. The molecule has 1 heteroatoms. The lowest BCUT2D eigenvalue weighted by Gasteiger charge is -2.35. The van der Waals surface area contributed by atoms with Gasteiger partial charge in [0.25, 0.3) is 0 Å². The van der Waals surface area contributed by atoms with Gasteiger partial charge in [-0.1, -0.05) is 58.4 Å². The standard InChI is InChI=1S/C20H31N/c1-15-6-5-13-20(15,14-21-18-11-12-18)17-9-7-16(8-10-17)19(2,3)4/h7-10,15,18,21H,5-6,11-14H2,1-4H3. The third-order valence-corrected chi connectivity index (χ3v) is 5.81. The highest BCUT2D eigenvalue weighted by molar-refractivity contribution is 5.34. The van der Waals surface area contributed by atoms with Crippen LogP contribution in [-0.2, 0) is 10.8 Å². The van der Waals surface area contributed by atoms with Crippen LogP contribution in [0.2, 0.25) is 0 Å². The van der Waals surface area contributed by atoms with E-state index < -0.39 is 0 Å². The summed E-state index contributed by atoms with van der Waals surface area (Å²) in [7, 11) is 0. The van der Waals surface area contributed by atoms with E-state index in [2.05, 4.69) is 57.3 Å². The maximum Gasteiger partial charge on any atom is 0.0103 e. The summed E-state index contributed by atoms with van der Waals surface area (Å²) in [5.74, 6) is 0.796. The maximum absolute atomic E-state index is 3.81. The minimum Gasteiger partial charge on any atom is -0.313 e. The lowest BCUT2D eigenvalue weighted by molar-refractivity contribution is 0.316. The first-order valence-electron chi connectivity index (χ1n) is 8.76. The summed E-state index contributed by atoms with van der Waals surface area (Å²) >= 11 is 0. The van der Waals surface area contributed by atoms with Crippen LogP contribution >= 0.6 is 0 Å². The molecule has 2 fully saturated rings. The smallest absolute Gasteiger partial charge is 0.0103 e. The van der Waals surface area contributed by atoms with Crippen LogP contribution in [0.25, 0.3) is 0 Å². The summed E-state index contributed by atoms with van der Waals surface area (Å²) in [5.41, 5.74) is 3.63. The molecule has 2 unspecified atom stereocenters. The Bertz CT molecular complexity index is 478. The SMILES string of the molecule is CC1CCCC1(CNC1CC1)c1ccc(C(C)(C)C)cc1. The highest BCUT2D eigenvalue weighted by Crippen LogP contribution is 2.46. The molecule has 0 radical (unpaired) electrons. The van der Waals surface area contributed by atoms with Gasteiger partial charge in [-0.2, -0.15) is 0 Å². The number of hydrogen-bond donors (Lipinski definition) is 1. The summed E-state index contributed by atoms with van der Waals surface area (Å²) in [4.78, 5) is 0. The van der Waals surface area contributed by atoms with Crippen molar-refractivity contribution in [2.45, 2.75) is 76.7 Å². The van der Waals surface area contributed by atoms with Crippen molar-refractivity contribution in [3.8, 4) is 0 Å². The van der Waals surface area contributed by atoms with Crippen LogP contribution in [-0.4, -0.2) is 12.6 Å². The summed E-state index contributed by atoms with van der Waals surface area (Å²) in [6.45, 7) is 10.5. The van der Waals surface area contributed by atoms with Crippen molar-refractivity contribution in [3.63, 3.8) is 0 Å². The number of benzene rings is 1. The molecular formula is C20H31N. The second-order valence-corrected chi connectivity index (χ2v) is 8.43. The lowest BCUT2D eigenvalue weighted by Crippen LogP contribution is -2.41. The van der Waals surface area contributed by atoms with Crippen molar-refractivity contribution in [1.82, 2.24) is 5.32 Å². The van der Waals surface area contributed by atoms with E-state index in [0.717, 1.165) is 12.0 Å². The highest BCUT2D eigenvalue weighted by atomic mass is 15.0. The zero-order chi connectivity index (χ0) is 15.1. The molecule has 0 bridgehead atoms. The van der Waals surface area contributed by atoms with Crippen molar-refractivity contribution in [3.05, 3.63) is 35.4 Å². The largest absolute Gasteiger partial charge is 0.313 e. The zero-order valence-corrected chi connectivity index (χ0v) is 14.2. The third kappa shape index (κ3) is 3.04. The zero-order valence-electron chi connectivity index (χ0n) is 14.2. The number of nitrogens with one attached hydrogen (secondary N) is 1. The predicted octanol–water partition coefficient (Wildman–Crippen LogP) is 4.79.